The summed E-state index contributed by atoms with van der Waals surface area (Å²) in [5, 5.41) is 18.9. The summed E-state index contributed by atoms with van der Waals surface area (Å²) in [6, 6.07) is 6.17. The fourth-order valence-corrected chi connectivity index (χ4v) is 1.68. The fraction of sp³-hybridized carbons (Fsp3) is 0.154. The SMILES string of the molecule is O=C(O)c1ccoc1C(O)c1ccc(C(F)F)cc1. The molecule has 1 aromatic carbocycles. The van der Waals surface area contributed by atoms with Crippen LogP contribution < -0.4 is 0 Å². The van der Waals surface area contributed by atoms with E-state index in [1.54, 1.807) is 0 Å². The van der Waals surface area contributed by atoms with Crippen LogP contribution in [0.2, 0.25) is 0 Å². The van der Waals surface area contributed by atoms with Crippen LogP contribution in [0.15, 0.2) is 41.0 Å². The van der Waals surface area contributed by atoms with Gasteiger partial charge in [0.15, 0.2) is 5.76 Å². The highest BCUT2D eigenvalue weighted by atomic mass is 19.3. The van der Waals surface area contributed by atoms with E-state index in [4.69, 9.17) is 9.52 Å². The van der Waals surface area contributed by atoms with Crippen molar-refractivity contribution >= 4 is 5.97 Å². The average molecular weight is 268 g/mol. The molecule has 0 saturated heterocycles. The van der Waals surface area contributed by atoms with E-state index in [-0.39, 0.29) is 22.5 Å². The van der Waals surface area contributed by atoms with Gasteiger partial charge in [0.2, 0.25) is 0 Å². The predicted octanol–water partition coefficient (Wildman–Crippen LogP) is 3.00. The third-order valence-electron chi connectivity index (χ3n) is 2.68. The maximum Gasteiger partial charge on any atom is 0.339 e. The minimum atomic E-state index is -2.59. The molecule has 2 N–H and O–H groups in total. The molecule has 4 nitrogen and oxygen atoms in total. The Morgan fingerprint density at radius 2 is 1.68 bits per heavy atom. The van der Waals surface area contributed by atoms with Crippen LogP contribution in [0.1, 0.15) is 39.8 Å². The van der Waals surface area contributed by atoms with E-state index in [0.29, 0.717) is 0 Å². The zero-order chi connectivity index (χ0) is 14.0. The molecule has 2 aromatic rings. The van der Waals surface area contributed by atoms with Gasteiger partial charge in [-0.05, 0) is 11.6 Å². The number of rotatable bonds is 4. The highest BCUT2D eigenvalue weighted by molar-refractivity contribution is 5.88. The van der Waals surface area contributed by atoms with Gasteiger partial charge in [-0.2, -0.15) is 0 Å². The molecule has 0 aliphatic carbocycles. The molecule has 1 aromatic heterocycles. The van der Waals surface area contributed by atoms with E-state index in [1.165, 1.54) is 30.3 Å². The van der Waals surface area contributed by atoms with E-state index >= 15 is 0 Å². The van der Waals surface area contributed by atoms with Crippen molar-refractivity contribution in [2.24, 2.45) is 0 Å². The lowest BCUT2D eigenvalue weighted by molar-refractivity contribution is 0.0687. The molecule has 0 radical (unpaired) electrons. The number of aromatic carboxylic acids is 1. The van der Waals surface area contributed by atoms with Crippen LogP contribution in [0.4, 0.5) is 8.78 Å². The number of aliphatic hydroxyl groups excluding tert-OH is 1. The van der Waals surface area contributed by atoms with Gasteiger partial charge in [-0.15, -0.1) is 0 Å². The summed E-state index contributed by atoms with van der Waals surface area (Å²) in [6.45, 7) is 0. The molecule has 0 aliphatic rings. The Balaban J connectivity index is 2.30. The molecular weight excluding hydrogens is 258 g/mol. The van der Waals surface area contributed by atoms with E-state index in [0.717, 1.165) is 6.26 Å². The minimum Gasteiger partial charge on any atom is -0.478 e. The van der Waals surface area contributed by atoms with Gasteiger partial charge in [-0.3, -0.25) is 0 Å². The molecule has 0 saturated carbocycles. The van der Waals surface area contributed by atoms with Crippen molar-refractivity contribution in [2.75, 3.05) is 0 Å². The number of aliphatic hydroxyl groups is 1. The number of furan rings is 1. The third-order valence-corrected chi connectivity index (χ3v) is 2.68. The molecule has 100 valence electrons. The monoisotopic (exact) mass is 268 g/mol. The first-order valence-electron chi connectivity index (χ1n) is 5.37. The lowest BCUT2D eigenvalue weighted by Gasteiger charge is -2.10. The van der Waals surface area contributed by atoms with Crippen molar-refractivity contribution in [3.63, 3.8) is 0 Å². The molecule has 1 atom stereocenters. The number of alkyl halides is 2. The normalized spacial score (nSPS) is 12.6. The summed E-state index contributed by atoms with van der Waals surface area (Å²) in [6.07, 6.45) is -2.76. The molecule has 0 fully saturated rings. The molecular formula is C13H10F2O4. The zero-order valence-electron chi connectivity index (χ0n) is 9.59. The van der Waals surface area contributed by atoms with Crippen molar-refractivity contribution in [1.29, 1.82) is 0 Å². The molecule has 0 aliphatic heterocycles. The number of halogens is 2. The first-order valence-corrected chi connectivity index (χ1v) is 5.37. The number of benzene rings is 1. The largest absolute Gasteiger partial charge is 0.478 e. The van der Waals surface area contributed by atoms with Gasteiger partial charge >= 0.3 is 5.97 Å². The molecule has 0 spiro atoms. The highest BCUT2D eigenvalue weighted by Gasteiger charge is 2.22. The van der Waals surface area contributed by atoms with Crippen LogP contribution in [-0.4, -0.2) is 16.2 Å². The first kappa shape index (κ1) is 13.2. The summed E-state index contributed by atoms with van der Waals surface area (Å²) in [7, 11) is 0. The lowest BCUT2D eigenvalue weighted by Crippen LogP contribution is -2.05. The lowest BCUT2D eigenvalue weighted by atomic mass is 10.0. The highest BCUT2D eigenvalue weighted by Crippen LogP contribution is 2.27. The maximum absolute atomic E-state index is 12.4. The topological polar surface area (TPSA) is 70.7 Å². The number of hydrogen-bond donors (Lipinski definition) is 2. The summed E-state index contributed by atoms with van der Waals surface area (Å²) >= 11 is 0. The van der Waals surface area contributed by atoms with Crippen LogP contribution in [0.3, 0.4) is 0 Å². The van der Waals surface area contributed by atoms with E-state index in [1.807, 2.05) is 0 Å². The van der Waals surface area contributed by atoms with E-state index in [2.05, 4.69) is 0 Å². The van der Waals surface area contributed by atoms with E-state index in [9.17, 15) is 18.7 Å². The molecule has 0 amide bonds. The fourth-order valence-electron chi connectivity index (χ4n) is 1.68. The number of hydrogen-bond acceptors (Lipinski definition) is 3. The predicted molar refractivity (Wildman–Crippen MR) is 61.1 cm³/mol. The molecule has 19 heavy (non-hydrogen) atoms. The standard InChI is InChI=1S/C13H10F2O4/c14-12(15)8-3-1-7(2-4-8)10(16)11-9(13(17)18)5-6-19-11/h1-6,10,12,16H,(H,17,18). The molecule has 1 unspecified atom stereocenters. The van der Waals surface area contributed by atoms with Crippen LogP contribution in [0, 0.1) is 0 Å². The molecule has 0 bridgehead atoms. The van der Waals surface area contributed by atoms with Crippen LogP contribution in [0.5, 0.6) is 0 Å². The van der Waals surface area contributed by atoms with Crippen molar-refractivity contribution in [1.82, 2.24) is 0 Å². The third kappa shape index (κ3) is 2.63. The van der Waals surface area contributed by atoms with Gasteiger partial charge in [-0.1, -0.05) is 24.3 Å². The van der Waals surface area contributed by atoms with Gasteiger partial charge in [0, 0.05) is 5.56 Å². The molecule has 1 heterocycles. The number of carbonyl (C=O) groups is 1. The Morgan fingerprint density at radius 1 is 1.11 bits per heavy atom. The van der Waals surface area contributed by atoms with Gasteiger partial charge in [-0.25, -0.2) is 13.6 Å². The van der Waals surface area contributed by atoms with Crippen molar-refractivity contribution in [3.05, 3.63) is 59.0 Å². The second-order valence-electron chi connectivity index (χ2n) is 3.87. The van der Waals surface area contributed by atoms with Crippen LogP contribution >= 0.6 is 0 Å². The quantitative estimate of drug-likeness (QED) is 0.894. The summed E-state index contributed by atoms with van der Waals surface area (Å²) in [5.74, 6) is -1.36. The number of carboxylic acid groups (broad SMARTS) is 1. The Morgan fingerprint density at radius 3 is 2.21 bits per heavy atom. The average Bonchev–Trinajstić information content (AvgIpc) is 2.87. The number of carboxylic acids is 1. The van der Waals surface area contributed by atoms with Crippen LogP contribution in [-0.2, 0) is 0 Å². The van der Waals surface area contributed by atoms with Crippen LogP contribution in [0.25, 0.3) is 0 Å². The Kier molecular flexibility index (Phi) is 3.62. The molecule has 6 heteroatoms. The van der Waals surface area contributed by atoms with Gasteiger partial charge in [0.1, 0.15) is 11.7 Å². The minimum absolute atomic E-state index is 0.128. The van der Waals surface area contributed by atoms with Crippen molar-refractivity contribution in [3.8, 4) is 0 Å². The summed E-state index contributed by atoms with van der Waals surface area (Å²) in [5.41, 5.74) is -0.0545. The van der Waals surface area contributed by atoms with Gasteiger partial charge in [0.25, 0.3) is 6.43 Å². The van der Waals surface area contributed by atoms with Crippen molar-refractivity contribution < 1.29 is 28.2 Å². The van der Waals surface area contributed by atoms with Gasteiger partial charge < -0.3 is 14.6 Å². The second kappa shape index (κ2) is 5.19. The summed E-state index contributed by atoms with van der Waals surface area (Å²) in [4.78, 5) is 10.9. The molecule has 2 rings (SSSR count). The Bertz CT molecular complexity index is 575. The Labute approximate surface area is 106 Å². The summed E-state index contributed by atoms with van der Waals surface area (Å²) < 4.78 is 29.7. The maximum atomic E-state index is 12.4. The second-order valence-corrected chi connectivity index (χ2v) is 3.87. The van der Waals surface area contributed by atoms with E-state index < -0.39 is 18.5 Å². The smallest absolute Gasteiger partial charge is 0.339 e. The van der Waals surface area contributed by atoms with Crippen molar-refractivity contribution in [2.45, 2.75) is 12.5 Å². The van der Waals surface area contributed by atoms with Gasteiger partial charge in [0.05, 0.1) is 6.26 Å². The first-order chi connectivity index (χ1) is 9.00. The Hall–Kier alpha value is -2.21. The zero-order valence-corrected chi connectivity index (χ0v) is 9.59.